The maximum absolute atomic E-state index is 11.8. The first kappa shape index (κ1) is 17.1. The number of benzene rings is 1. The van der Waals surface area contributed by atoms with Crippen LogP contribution in [0, 0.1) is 0 Å². The van der Waals surface area contributed by atoms with Crippen LogP contribution in [0.5, 0.6) is 0 Å². The van der Waals surface area contributed by atoms with Crippen LogP contribution in [0.25, 0.3) is 11.4 Å². The molecule has 0 bridgehead atoms. The van der Waals surface area contributed by atoms with E-state index in [0.29, 0.717) is 17.9 Å². The SMILES string of the molecule is CCCC(N)C(=O)Nc1cnc(-c2ccccc2)nc1.Cl. The molecule has 5 nitrogen and oxygen atoms in total. The molecule has 2 aromatic rings. The number of rotatable bonds is 5. The fraction of sp³-hybridized carbons (Fsp3) is 0.267. The van der Waals surface area contributed by atoms with E-state index < -0.39 is 6.04 Å². The Balaban J connectivity index is 0.00000220. The van der Waals surface area contributed by atoms with Crippen molar-refractivity contribution in [3.63, 3.8) is 0 Å². The average molecular weight is 307 g/mol. The van der Waals surface area contributed by atoms with Gasteiger partial charge in [0.05, 0.1) is 24.1 Å². The first-order valence-corrected chi connectivity index (χ1v) is 6.64. The van der Waals surface area contributed by atoms with Gasteiger partial charge in [-0.15, -0.1) is 12.4 Å². The second-order valence-electron chi connectivity index (χ2n) is 4.55. The van der Waals surface area contributed by atoms with E-state index in [1.54, 1.807) is 12.4 Å². The third-order valence-corrected chi connectivity index (χ3v) is 2.89. The highest BCUT2D eigenvalue weighted by Crippen LogP contribution is 2.14. The molecule has 21 heavy (non-hydrogen) atoms. The molecule has 1 unspecified atom stereocenters. The molecule has 112 valence electrons. The Morgan fingerprint density at radius 1 is 1.24 bits per heavy atom. The number of hydrogen-bond donors (Lipinski definition) is 2. The lowest BCUT2D eigenvalue weighted by Crippen LogP contribution is -2.35. The van der Waals surface area contributed by atoms with Crippen molar-refractivity contribution < 1.29 is 4.79 Å². The molecule has 0 aliphatic carbocycles. The summed E-state index contributed by atoms with van der Waals surface area (Å²) in [5, 5.41) is 2.72. The molecule has 1 heterocycles. The zero-order valence-corrected chi connectivity index (χ0v) is 12.6. The minimum Gasteiger partial charge on any atom is -0.322 e. The van der Waals surface area contributed by atoms with Crippen LogP contribution in [-0.2, 0) is 4.79 Å². The summed E-state index contributed by atoms with van der Waals surface area (Å²) >= 11 is 0. The molecule has 2 rings (SSSR count). The highest BCUT2D eigenvalue weighted by molar-refractivity contribution is 5.94. The van der Waals surface area contributed by atoms with Gasteiger partial charge in [0, 0.05) is 5.56 Å². The van der Waals surface area contributed by atoms with Gasteiger partial charge in [0.25, 0.3) is 0 Å². The van der Waals surface area contributed by atoms with E-state index in [9.17, 15) is 4.79 Å². The Bertz CT molecular complexity index is 560. The molecular formula is C15H19ClN4O. The molecule has 3 N–H and O–H groups in total. The number of carbonyl (C=O) groups excluding carboxylic acids is 1. The fourth-order valence-electron chi connectivity index (χ4n) is 1.81. The van der Waals surface area contributed by atoms with E-state index in [-0.39, 0.29) is 18.3 Å². The van der Waals surface area contributed by atoms with Crippen LogP contribution >= 0.6 is 12.4 Å². The first-order valence-electron chi connectivity index (χ1n) is 6.64. The summed E-state index contributed by atoms with van der Waals surface area (Å²) in [6, 6.07) is 9.17. The standard InChI is InChI=1S/C15H18N4O.ClH/c1-2-6-13(16)15(20)19-12-9-17-14(18-10-12)11-7-4-3-5-8-11;/h3-5,7-10,13H,2,6,16H2,1H3,(H,19,20);1H. The number of amides is 1. The van der Waals surface area contributed by atoms with Crippen LogP contribution in [0.4, 0.5) is 5.69 Å². The van der Waals surface area contributed by atoms with Gasteiger partial charge in [-0.05, 0) is 6.42 Å². The number of anilines is 1. The maximum Gasteiger partial charge on any atom is 0.241 e. The van der Waals surface area contributed by atoms with Crippen LogP contribution in [0.3, 0.4) is 0 Å². The summed E-state index contributed by atoms with van der Waals surface area (Å²) in [5.74, 6) is 0.421. The van der Waals surface area contributed by atoms with Gasteiger partial charge < -0.3 is 11.1 Å². The molecule has 1 aromatic carbocycles. The lowest BCUT2D eigenvalue weighted by atomic mass is 10.1. The van der Waals surface area contributed by atoms with Crippen molar-refractivity contribution in [2.24, 2.45) is 5.73 Å². The Kier molecular flexibility index (Phi) is 6.78. The number of carbonyl (C=O) groups is 1. The Hall–Kier alpha value is -1.98. The van der Waals surface area contributed by atoms with E-state index in [1.165, 1.54) is 0 Å². The van der Waals surface area contributed by atoms with E-state index >= 15 is 0 Å². The minimum absolute atomic E-state index is 0. The number of nitrogens with zero attached hydrogens (tertiary/aromatic N) is 2. The molecule has 1 amide bonds. The topological polar surface area (TPSA) is 80.9 Å². The zero-order valence-electron chi connectivity index (χ0n) is 11.8. The molecule has 1 aromatic heterocycles. The van der Waals surface area contributed by atoms with Gasteiger partial charge in [-0.3, -0.25) is 4.79 Å². The van der Waals surface area contributed by atoms with E-state index in [0.717, 1.165) is 12.0 Å². The molecule has 0 saturated carbocycles. The van der Waals surface area contributed by atoms with Gasteiger partial charge >= 0.3 is 0 Å². The van der Waals surface area contributed by atoms with Crippen molar-refractivity contribution in [1.82, 2.24) is 9.97 Å². The normalized spacial score (nSPS) is 11.3. The molecule has 6 heteroatoms. The molecule has 0 radical (unpaired) electrons. The molecule has 0 saturated heterocycles. The van der Waals surface area contributed by atoms with Gasteiger partial charge in [0.15, 0.2) is 5.82 Å². The lowest BCUT2D eigenvalue weighted by Gasteiger charge is -2.10. The number of aromatic nitrogens is 2. The van der Waals surface area contributed by atoms with E-state index in [1.807, 2.05) is 37.3 Å². The number of halogens is 1. The highest BCUT2D eigenvalue weighted by Gasteiger charge is 2.12. The monoisotopic (exact) mass is 306 g/mol. The Labute approximate surface area is 130 Å². The molecule has 0 aliphatic rings. The molecule has 0 fully saturated rings. The third kappa shape index (κ3) is 4.81. The van der Waals surface area contributed by atoms with Crippen LogP contribution in [-0.4, -0.2) is 21.9 Å². The van der Waals surface area contributed by atoms with Crippen molar-refractivity contribution in [2.75, 3.05) is 5.32 Å². The molecule has 0 spiro atoms. The second-order valence-corrected chi connectivity index (χ2v) is 4.55. The quantitative estimate of drug-likeness (QED) is 0.890. The summed E-state index contributed by atoms with van der Waals surface area (Å²) in [4.78, 5) is 20.2. The van der Waals surface area contributed by atoms with Gasteiger partial charge in [0.1, 0.15) is 0 Å². The number of hydrogen-bond acceptors (Lipinski definition) is 4. The second kappa shape index (κ2) is 8.34. The van der Waals surface area contributed by atoms with Crippen LogP contribution in [0.15, 0.2) is 42.7 Å². The van der Waals surface area contributed by atoms with Crippen LogP contribution < -0.4 is 11.1 Å². The van der Waals surface area contributed by atoms with Crippen molar-refractivity contribution in [3.8, 4) is 11.4 Å². The minimum atomic E-state index is -0.492. The third-order valence-electron chi connectivity index (χ3n) is 2.89. The van der Waals surface area contributed by atoms with Crippen molar-refractivity contribution in [1.29, 1.82) is 0 Å². The summed E-state index contributed by atoms with van der Waals surface area (Å²) in [7, 11) is 0. The molecular weight excluding hydrogens is 288 g/mol. The van der Waals surface area contributed by atoms with Crippen LogP contribution in [0.2, 0.25) is 0 Å². The van der Waals surface area contributed by atoms with E-state index in [4.69, 9.17) is 5.73 Å². The van der Waals surface area contributed by atoms with Gasteiger partial charge in [-0.1, -0.05) is 43.7 Å². The Morgan fingerprint density at radius 2 is 1.86 bits per heavy atom. The zero-order chi connectivity index (χ0) is 14.4. The fourth-order valence-corrected chi connectivity index (χ4v) is 1.81. The van der Waals surface area contributed by atoms with Crippen molar-refractivity contribution in [3.05, 3.63) is 42.7 Å². The van der Waals surface area contributed by atoms with E-state index in [2.05, 4.69) is 15.3 Å². The van der Waals surface area contributed by atoms with Crippen LogP contribution in [0.1, 0.15) is 19.8 Å². The molecule has 0 aliphatic heterocycles. The largest absolute Gasteiger partial charge is 0.322 e. The maximum atomic E-state index is 11.8. The van der Waals surface area contributed by atoms with Gasteiger partial charge in [-0.25, -0.2) is 9.97 Å². The summed E-state index contributed by atoms with van der Waals surface area (Å²) in [5.41, 5.74) is 7.24. The van der Waals surface area contributed by atoms with Crippen molar-refractivity contribution >= 4 is 24.0 Å². The summed E-state index contributed by atoms with van der Waals surface area (Å²) in [6.45, 7) is 1.99. The predicted octanol–water partition coefficient (Wildman–Crippen LogP) is 2.63. The van der Waals surface area contributed by atoms with Gasteiger partial charge in [-0.2, -0.15) is 0 Å². The number of nitrogens with one attached hydrogen (secondary N) is 1. The first-order chi connectivity index (χ1) is 9.70. The Morgan fingerprint density at radius 3 is 2.43 bits per heavy atom. The predicted molar refractivity (Wildman–Crippen MR) is 86.2 cm³/mol. The number of nitrogens with two attached hydrogens (primary N) is 1. The lowest BCUT2D eigenvalue weighted by molar-refractivity contribution is -0.117. The average Bonchev–Trinajstić information content (AvgIpc) is 2.49. The smallest absolute Gasteiger partial charge is 0.241 e. The van der Waals surface area contributed by atoms with Crippen molar-refractivity contribution in [2.45, 2.75) is 25.8 Å². The summed E-state index contributed by atoms with van der Waals surface area (Å²) < 4.78 is 0. The highest BCUT2D eigenvalue weighted by atomic mass is 35.5. The van der Waals surface area contributed by atoms with Gasteiger partial charge in [0.2, 0.25) is 5.91 Å². The summed E-state index contributed by atoms with van der Waals surface area (Å²) in [6.07, 6.45) is 4.71. The molecule has 1 atom stereocenters.